The third kappa shape index (κ3) is 3.48. The average molecular weight is 262 g/mol. The lowest BCUT2D eigenvalue weighted by Gasteiger charge is -2.31. The zero-order valence-corrected chi connectivity index (χ0v) is 12.3. The van der Waals surface area contributed by atoms with E-state index in [2.05, 4.69) is 55.0 Å². The number of nitrogens with zero attached hydrogens (tertiary/aromatic N) is 2. The number of aliphatic hydroxyl groups is 1. The molecule has 0 aliphatic carbocycles. The third-order valence-electron chi connectivity index (χ3n) is 4.38. The lowest BCUT2D eigenvalue weighted by molar-refractivity contribution is 0.159. The number of aryl methyl sites for hydroxylation is 1. The second-order valence-electron chi connectivity index (χ2n) is 5.75. The molecule has 1 aliphatic heterocycles. The fourth-order valence-electron chi connectivity index (χ4n) is 2.81. The Kier molecular flexibility index (Phi) is 4.83. The molecule has 1 aromatic carbocycles. The highest BCUT2D eigenvalue weighted by molar-refractivity contribution is 5.47. The number of hydrogen-bond donors (Lipinski definition) is 1. The van der Waals surface area contributed by atoms with E-state index in [1.807, 2.05) is 0 Å². The van der Waals surface area contributed by atoms with Crippen LogP contribution in [0.25, 0.3) is 0 Å². The molecule has 0 saturated carbocycles. The van der Waals surface area contributed by atoms with Crippen molar-refractivity contribution in [3.63, 3.8) is 0 Å². The van der Waals surface area contributed by atoms with Crippen molar-refractivity contribution in [1.82, 2.24) is 4.90 Å². The van der Waals surface area contributed by atoms with Crippen LogP contribution >= 0.6 is 0 Å². The first kappa shape index (κ1) is 14.4. The lowest BCUT2D eigenvalue weighted by Crippen LogP contribution is -2.42. The zero-order chi connectivity index (χ0) is 13.8. The summed E-state index contributed by atoms with van der Waals surface area (Å²) in [7, 11) is 2.18. The second kappa shape index (κ2) is 6.40. The number of anilines is 1. The van der Waals surface area contributed by atoms with Crippen LogP contribution in [0, 0.1) is 6.92 Å². The van der Waals surface area contributed by atoms with Crippen LogP contribution in [0.4, 0.5) is 5.69 Å². The molecule has 3 heteroatoms. The van der Waals surface area contributed by atoms with Crippen LogP contribution in [0.5, 0.6) is 0 Å². The van der Waals surface area contributed by atoms with E-state index in [1.54, 1.807) is 0 Å². The van der Waals surface area contributed by atoms with Gasteiger partial charge in [0.05, 0.1) is 0 Å². The SMILES string of the molecule is Cc1ccc(N2CCC(C)N(C)C(CCO)C2)cc1. The molecule has 2 rings (SSSR count). The van der Waals surface area contributed by atoms with E-state index in [4.69, 9.17) is 0 Å². The first-order valence-electron chi connectivity index (χ1n) is 7.26. The summed E-state index contributed by atoms with van der Waals surface area (Å²) in [4.78, 5) is 4.88. The standard InChI is InChI=1S/C16H26N2O/c1-13-4-6-15(7-5-13)18-10-8-14(2)17(3)16(12-18)9-11-19/h4-7,14,16,19H,8-12H2,1-3H3. The molecule has 19 heavy (non-hydrogen) atoms. The number of likely N-dealkylation sites (N-methyl/N-ethyl adjacent to an activating group) is 1. The Balaban J connectivity index is 2.14. The van der Waals surface area contributed by atoms with Crippen molar-refractivity contribution in [1.29, 1.82) is 0 Å². The maximum absolute atomic E-state index is 9.26. The van der Waals surface area contributed by atoms with Crippen LogP contribution in [0.1, 0.15) is 25.3 Å². The molecule has 1 aromatic rings. The van der Waals surface area contributed by atoms with Crippen LogP contribution in [0.2, 0.25) is 0 Å². The Morgan fingerprint density at radius 1 is 1.26 bits per heavy atom. The van der Waals surface area contributed by atoms with Gasteiger partial charge in [0.15, 0.2) is 0 Å². The maximum Gasteiger partial charge on any atom is 0.0446 e. The van der Waals surface area contributed by atoms with Crippen molar-refractivity contribution in [3.8, 4) is 0 Å². The summed E-state index contributed by atoms with van der Waals surface area (Å²) in [5, 5.41) is 9.26. The summed E-state index contributed by atoms with van der Waals surface area (Å²) in [6.07, 6.45) is 2.02. The molecule has 1 heterocycles. The van der Waals surface area contributed by atoms with E-state index in [1.165, 1.54) is 17.7 Å². The predicted molar refractivity (Wildman–Crippen MR) is 80.7 cm³/mol. The van der Waals surface area contributed by atoms with E-state index >= 15 is 0 Å². The summed E-state index contributed by atoms with van der Waals surface area (Å²) < 4.78 is 0. The molecule has 0 spiro atoms. The number of aliphatic hydroxyl groups excluding tert-OH is 1. The first-order valence-corrected chi connectivity index (χ1v) is 7.26. The molecule has 1 saturated heterocycles. The van der Waals surface area contributed by atoms with Gasteiger partial charge in [-0.1, -0.05) is 17.7 Å². The highest BCUT2D eigenvalue weighted by Gasteiger charge is 2.26. The number of benzene rings is 1. The highest BCUT2D eigenvalue weighted by atomic mass is 16.3. The Morgan fingerprint density at radius 3 is 2.58 bits per heavy atom. The smallest absolute Gasteiger partial charge is 0.0446 e. The monoisotopic (exact) mass is 262 g/mol. The van der Waals surface area contributed by atoms with Gasteiger partial charge < -0.3 is 10.0 Å². The molecular formula is C16H26N2O. The Hall–Kier alpha value is -1.06. The zero-order valence-electron chi connectivity index (χ0n) is 12.3. The highest BCUT2D eigenvalue weighted by Crippen LogP contribution is 2.22. The summed E-state index contributed by atoms with van der Waals surface area (Å²) in [6, 6.07) is 9.78. The summed E-state index contributed by atoms with van der Waals surface area (Å²) in [6.45, 7) is 6.77. The van der Waals surface area contributed by atoms with Gasteiger partial charge in [0.1, 0.15) is 0 Å². The minimum absolute atomic E-state index is 0.267. The largest absolute Gasteiger partial charge is 0.396 e. The minimum Gasteiger partial charge on any atom is -0.396 e. The molecule has 0 aromatic heterocycles. The molecular weight excluding hydrogens is 236 g/mol. The molecule has 1 N–H and O–H groups in total. The lowest BCUT2D eigenvalue weighted by atomic mass is 10.1. The van der Waals surface area contributed by atoms with E-state index in [0.29, 0.717) is 12.1 Å². The normalized spacial score (nSPS) is 25.4. The van der Waals surface area contributed by atoms with Crippen molar-refractivity contribution >= 4 is 5.69 Å². The van der Waals surface area contributed by atoms with Gasteiger partial charge in [0.25, 0.3) is 0 Å². The van der Waals surface area contributed by atoms with Crippen LogP contribution in [0.3, 0.4) is 0 Å². The predicted octanol–water partition coefficient (Wildman–Crippen LogP) is 2.28. The van der Waals surface area contributed by atoms with E-state index in [9.17, 15) is 5.11 Å². The van der Waals surface area contributed by atoms with Crippen molar-refractivity contribution in [2.75, 3.05) is 31.6 Å². The van der Waals surface area contributed by atoms with Gasteiger partial charge >= 0.3 is 0 Å². The molecule has 106 valence electrons. The number of rotatable bonds is 3. The van der Waals surface area contributed by atoms with Gasteiger partial charge in [0, 0.05) is 37.5 Å². The Morgan fingerprint density at radius 2 is 1.95 bits per heavy atom. The molecule has 3 nitrogen and oxygen atoms in total. The summed E-state index contributed by atoms with van der Waals surface area (Å²) in [5.74, 6) is 0. The van der Waals surface area contributed by atoms with E-state index in [0.717, 1.165) is 19.5 Å². The minimum atomic E-state index is 0.267. The van der Waals surface area contributed by atoms with Crippen molar-refractivity contribution in [3.05, 3.63) is 29.8 Å². The summed E-state index contributed by atoms with van der Waals surface area (Å²) in [5.41, 5.74) is 2.60. The molecule has 2 unspecified atom stereocenters. The molecule has 1 aliphatic rings. The number of hydrogen-bond acceptors (Lipinski definition) is 3. The molecule has 2 atom stereocenters. The molecule has 1 fully saturated rings. The van der Waals surface area contributed by atoms with E-state index in [-0.39, 0.29) is 6.61 Å². The van der Waals surface area contributed by atoms with Crippen LogP contribution in [0.15, 0.2) is 24.3 Å². The molecule has 0 bridgehead atoms. The fraction of sp³-hybridized carbons (Fsp3) is 0.625. The summed E-state index contributed by atoms with van der Waals surface area (Å²) >= 11 is 0. The van der Waals surface area contributed by atoms with Crippen molar-refractivity contribution in [2.24, 2.45) is 0 Å². The fourth-order valence-corrected chi connectivity index (χ4v) is 2.81. The van der Waals surface area contributed by atoms with Crippen LogP contribution < -0.4 is 4.90 Å². The third-order valence-corrected chi connectivity index (χ3v) is 4.38. The Labute approximate surface area is 116 Å². The van der Waals surface area contributed by atoms with Gasteiger partial charge in [-0.15, -0.1) is 0 Å². The average Bonchev–Trinajstić information content (AvgIpc) is 2.54. The quantitative estimate of drug-likeness (QED) is 0.905. The van der Waals surface area contributed by atoms with Gasteiger partial charge in [-0.05, 0) is 45.9 Å². The van der Waals surface area contributed by atoms with Gasteiger partial charge in [-0.2, -0.15) is 0 Å². The second-order valence-corrected chi connectivity index (χ2v) is 5.75. The topological polar surface area (TPSA) is 26.7 Å². The maximum atomic E-state index is 9.26. The van der Waals surface area contributed by atoms with Gasteiger partial charge in [0.2, 0.25) is 0 Å². The van der Waals surface area contributed by atoms with Crippen LogP contribution in [-0.2, 0) is 0 Å². The first-order chi connectivity index (χ1) is 9.11. The van der Waals surface area contributed by atoms with E-state index < -0.39 is 0 Å². The van der Waals surface area contributed by atoms with Crippen LogP contribution in [-0.4, -0.2) is 48.8 Å². The van der Waals surface area contributed by atoms with Crippen molar-refractivity contribution < 1.29 is 5.11 Å². The van der Waals surface area contributed by atoms with Gasteiger partial charge in [-0.3, -0.25) is 4.90 Å². The van der Waals surface area contributed by atoms with Crippen molar-refractivity contribution in [2.45, 2.75) is 38.8 Å². The molecule has 0 radical (unpaired) electrons. The van der Waals surface area contributed by atoms with Gasteiger partial charge in [-0.25, -0.2) is 0 Å². The Bertz CT molecular complexity index is 390. The molecule has 0 amide bonds.